The summed E-state index contributed by atoms with van der Waals surface area (Å²) < 4.78 is 6.25. The molecule has 0 aromatic rings. The summed E-state index contributed by atoms with van der Waals surface area (Å²) in [6.07, 6.45) is 3.26. The summed E-state index contributed by atoms with van der Waals surface area (Å²) in [5.41, 5.74) is 0. The largest absolute Gasteiger partial charge is 0.381 e. The van der Waals surface area contributed by atoms with Crippen molar-refractivity contribution in [2.24, 2.45) is 11.8 Å². The molecule has 1 heterocycles. The second-order valence-electron chi connectivity index (χ2n) is 4.49. The summed E-state index contributed by atoms with van der Waals surface area (Å²) in [7, 11) is 0. The minimum absolute atomic E-state index is 0.113. The molecule has 0 aromatic heterocycles. The first kappa shape index (κ1) is 14.2. The van der Waals surface area contributed by atoms with Gasteiger partial charge < -0.3 is 9.64 Å². The third-order valence-electron chi connectivity index (χ3n) is 3.24. The lowest BCUT2D eigenvalue weighted by Gasteiger charge is -2.30. The number of carbonyl (C=O) groups excluding carboxylic acids is 1. The van der Waals surface area contributed by atoms with Crippen LogP contribution in [0.2, 0.25) is 0 Å². The third kappa shape index (κ3) is 3.87. The highest BCUT2D eigenvalue weighted by Crippen LogP contribution is 2.24. The van der Waals surface area contributed by atoms with Crippen LogP contribution in [0.5, 0.6) is 0 Å². The number of halogens is 1. The number of rotatable bonds is 5. The molecule has 1 fully saturated rings. The van der Waals surface area contributed by atoms with Crippen molar-refractivity contribution in [3.63, 3.8) is 0 Å². The maximum atomic E-state index is 12.2. The van der Waals surface area contributed by atoms with Crippen LogP contribution >= 0.6 is 22.6 Å². The molecule has 0 aliphatic carbocycles. The van der Waals surface area contributed by atoms with Crippen LogP contribution in [-0.4, -0.2) is 35.1 Å². The molecule has 2 unspecified atom stereocenters. The van der Waals surface area contributed by atoms with Gasteiger partial charge in [-0.25, -0.2) is 0 Å². The van der Waals surface area contributed by atoms with Crippen LogP contribution in [0, 0.1) is 11.8 Å². The van der Waals surface area contributed by atoms with Gasteiger partial charge in [0.25, 0.3) is 0 Å². The Kier molecular flexibility index (Phi) is 6.65. The molecule has 0 bridgehead atoms. The zero-order valence-electron chi connectivity index (χ0n) is 10.2. The van der Waals surface area contributed by atoms with Gasteiger partial charge in [-0.2, -0.15) is 0 Å². The number of hydrogen-bond donors (Lipinski definition) is 0. The van der Waals surface area contributed by atoms with Crippen molar-refractivity contribution < 1.29 is 9.53 Å². The van der Waals surface area contributed by atoms with Gasteiger partial charge in [-0.1, -0.05) is 36.4 Å². The Morgan fingerprint density at radius 2 is 2.38 bits per heavy atom. The number of alkyl halides is 1. The van der Waals surface area contributed by atoms with Crippen LogP contribution in [0.15, 0.2) is 0 Å². The Morgan fingerprint density at radius 1 is 1.62 bits per heavy atom. The van der Waals surface area contributed by atoms with Crippen molar-refractivity contribution >= 4 is 28.5 Å². The molecule has 1 saturated heterocycles. The van der Waals surface area contributed by atoms with Crippen molar-refractivity contribution in [1.82, 2.24) is 4.90 Å². The van der Waals surface area contributed by atoms with Crippen LogP contribution in [0.25, 0.3) is 0 Å². The summed E-state index contributed by atoms with van der Waals surface area (Å²) in [6.45, 7) is 6.66. The maximum Gasteiger partial charge on any atom is 0.226 e. The number of amides is 1. The fourth-order valence-electron chi connectivity index (χ4n) is 2.15. The van der Waals surface area contributed by atoms with E-state index in [-0.39, 0.29) is 5.92 Å². The zero-order valence-corrected chi connectivity index (χ0v) is 12.4. The molecule has 1 aliphatic heterocycles. The molecule has 3 nitrogen and oxygen atoms in total. The van der Waals surface area contributed by atoms with Crippen LogP contribution < -0.4 is 0 Å². The average Bonchev–Trinajstić information content (AvgIpc) is 2.35. The Bertz CT molecular complexity index is 217. The average molecular weight is 339 g/mol. The predicted octanol–water partition coefficient (Wildman–Crippen LogP) is 2.68. The lowest BCUT2D eigenvalue weighted by atomic mass is 9.88. The van der Waals surface area contributed by atoms with E-state index >= 15 is 0 Å². The van der Waals surface area contributed by atoms with Gasteiger partial charge in [0, 0.05) is 19.1 Å². The SMILES string of the molecule is CCCN(CI)C(=O)C(C)C1CCCOC1. The molecule has 0 saturated carbocycles. The van der Waals surface area contributed by atoms with E-state index in [2.05, 4.69) is 36.4 Å². The van der Waals surface area contributed by atoms with Gasteiger partial charge in [-0.15, -0.1) is 0 Å². The summed E-state index contributed by atoms with van der Waals surface area (Å²) in [5, 5.41) is 0. The summed E-state index contributed by atoms with van der Waals surface area (Å²) in [6, 6.07) is 0. The third-order valence-corrected chi connectivity index (χ3v) is 4.07. The summed E-state index contributed by atoms with van der Waals surface area (Å²) in [5.74, 6) is 0.830. The summed E-state index contributed by atoms with van der Waals surface area (Å²) in [4.78, 5) is 14.2. The van der Waals surface area contributed by atoms with Crippen molar-refractivity contribution in [2.45, 2.75) is 33.1 Å². The van der Waals surface area contributed by atoms with Crippen LogP contribution in [0.1, 0.15) is 33.1 Å². The molecular formula is C12H22INO2. The molecule has 16 heavy (non-hydrogen) atoms. The molecule has 0 N–H and O–H groups in total. The molecule has 1 rings (SSSR count). The van der Waals surface area contributed by atoms with Crippen LogP contribution in [0.4, 0.5) is 0 Å². The fraction of sp³-hybridized carbons (Fsp3) is 0.917. The quantitative estimate of drug-likeness (QED) is 0.438. The molecule has 4 heteroatoms. The lowest BCUT2D eigenvalue weighted by molar-refractivity contribution is -0.137. The zero-order chi connectivity index (χ0) is 12.0. The van der Waals surface area contributed by atoms with E-state index in [1.807, 2.05) is 4.90 Å². The van der Waals surface area contributed by atoms with E-state index < -0.39 is 0 Å². The van der Waals surface area contributed by atoms with Crippen molar-refractivity contribution in [3.8, 4) is 0 Å². The van der Waals surface area contributed by atoms with Gasteiger partial charge >= 0.3 is 0 Å². The molecule has 0 radical (unpaired) electrons. The van der Waals surface area contributed by atoms with Crippen molar-refractivity contribution in [2.75, 3.05) is 24.3 Å². The number of carbonyl (C=O) groups is 1. The number of ether oxygens (including phenoxy) is 1. The van der Waals surface area contributed by atoms with Crippen LogP contribution in [-0.2, 0) is 9.53 Å². The van der Waals surface area contributed by atoms with Crippen molar-refractivity contribution in [3.05, 3.63) is 0 Å². The molecule has 1 aliphatic rings. The van der Waals surface area contributed by atoms with E-state index in [9.17, 15) is 4.79 Å². The normalized spacial score (nSPS) is 22.8. The molecule has 0 spiro atoms. The first-order valence-electron chi connectivity index (χ1n) is 6.13. The first-order valence-corrected chi connectivity index (χ1v) is 7.65. The molecule has 94 valence electrons. The topological polar surface area (TPSA) is 29.5 Å². The smallest absolute Gasteiger partial charge is 0.226 e. The highest BCUT2D eigenvalue weighted by Gasteiger charge is 2.28. The fourth-order valence-corrected chi connectivity index (χ4v) is 2.83. The second-order valence-corrected chi connectivity index (χ2v) is 5.17. The van der Waals surface area contributed by atoms with Gasteiger partial charge in [0.15, 0.2) is 0 Å². The van der Waals surface area contributed by atoms with Gasteiger partial charge in [0.1, 0.15) is 0 Å². The number of nitrogens with zero attached hydrogens (tertiary/aromatic N) is 1. The van der Waals surface area contributed by atoms with Crippen molar-refractivity contribution in [1.29, 1.82) is 0 Å². The Balaban J connectivity index is 2.49. The van der Waals surface area contributed by atoms with E-state index in [1.54, 1.807) is 0 Å². The van der Waals surface area contributed by atoms with Gasteiger partial charge in [0.2, 0.25) is 5.91 Å². The first-order chi connectivity index (χ1) is 7.70. The highest BCUT2D eigenvalue weighted by molar-refractivity contribution is 14.1. The molecule has 1 amide bonds. The Morgan fingerprint density at radius 3 is 2.88 bits per heavy atom. The lowest BCUT2D eigenvalue weighted by Crippen LogP contribution is -2.39. The monoisotopic (exact) mass is 339 g/mol. The minimum Gasteiger partial charge on any atom is -0.381 e. The number of hydrogen-bond acceptors (Lipinski definition) is 2. The molecule has 2 atom stereocenters. The van der Waals surface area contributed by atoms with Crippen LogP contribution in [0.3, 0.4) is 0 Å². The Hall–Kier alpha value is 0.160. The Labute approximate surface area is 112 Å². The van der Waals surface area contributed by atoms with E-state index in [0.29, 0.717) is 11.8 Å². The van der Waals surface area contributed by atoms with Gasteiger partial charge in [-0.3, -0.25) is 4.79 Å². The summed E-state index contributed by atoms with van der Waals surface area (Å²) >= 11 is 2.27. The van der Waals surface area contributed by atoms with Gasteiger partial charge in [-0.05, 0) is 25.2 Å². The standard InChI is InChI=1S/C12H22INO2/c1-3-6-14(9-13)12(15)10(2)11-5-4-7-16-8-11/h10-11H,3-9H2,1-2H3. The molecule has 0 aromatic carbocycles. The van der Waals surface area contributed by atoms with Gasteiger partial charge in [0.05, 0.1) is 11.2 Å². The van der Waals surface area contributed by atoms with E-state index in [4.69, 9.17) is 4.74 Å². The van der Waals surface area contributed by atoms with E-state index in [0.717, 1.165) is 43.6 Å². The maximum absolute atomic E-state index is 12.2. The van der Waals surface area contributed by atoms with E-state index in [1.165, 1.54) is 0 Å². The second kappa shape index (κ2) is 7.48. The predicted molar refractivity (Wildman–Crippen MR) is 73.6 cm³/mol. The minimum atomic E-state index is 0.113. The molecular weight excluding hydrogens is 317 g/mol. The highest BCUT2D eigenvalue weighted by atomic mass is 127.